The Kier molecular flexibility index (Phi) is 3.41. The summed E-state index contributed by atoms with van der Waals surface area (Å²) in [5.41, 5.74) is 0.307. The van der Waals surface area contributed by atoms with Crippen LogP contribution in [-0.4, -0.2) is 11.2 Å². The van der Waals surface area contributed by atoms with E-state index in [1.165, 1.54) is 0 Å². The van der Waals surface area contributed by atoms with E-state index in [0.29, 0.717) is 0 Å². The number of hydrogen-bond acceptors (Lipinski definition) is 1. The molecule has 1 N–H and O–H groups in total. The Morgan fingerprint density at radius 2 is 1.89 bits per heavy atom. The summed E-state index contributed by atoms with van der Waals surface area (Å²) in [4.78, 5) is 0. The largest absolute Gasteiger partial charge is 0.416 e. The second kappa shape index (κ2) is 4.57. The first kappa shape index (κ1) is 13.4. The maximum Gasteiger partial charge on any atom is 0.416 e. The van der Waals surface area contributed by atoms with Gasteiger partial charge in [-0.2, -0.15) is 13.2 Å². The number of aliphatic hydroxyl groups excluding tert-OH is 1. The number of alkyl halides is 3. The second-order valence-corrected chi connectivity index (χ2v) is 5.58. The molecular formula is C14H17F3O. The van der Waals surface area contributed by atoms with Crippen LogP contribution in [0.1, 0.15) is 37.3 Å². The Balaban J connectivity index is 2.07. The van der Waals surface area contributed by atoms with Crippen LogP contribution in [-0.2, 0) is 12.6 Å². The van der Waals surface area contributed by atoms with Crippen LogP contribution in [0.4, 0.5) is 13.2 Å². The van der Waals surface area contributed by atoms with Crippen molar-refractivity contribution in [1.29, 1.82) is 0 Å². The number of halogens is 3. The molecule has 0 amide bonds. The van der Waals surface area contributed by atoms with E-state index in [1.807, 2.05) is 0 Å². The van der Waals surface area contributed by atoms with E-state index >= 15 is 0 Å². The van der Waals surface area contributed by atoms with Gasteiger partial charge in [-0.05, 0) is 48.8 Å². The van der Waals surface area contributed by atoms with Gasteiger partial charge >= 0.3 is 6.18 Å². The van der Waals surface area contributed by atoms with Gasteiger partial charge in [0.25, 0.3) is 0 Å². The SMILES string of the molecule is CC1(Cc2ccc(C(F)(F)F)cc2)CCC(O)C1. The molecule has 0 aliphatic heterocycles. The first-order valence-corrected chi connectivity index (χ1v) is 6.13. The number of rotatable bonds is 2. The van der Waals surface area contributed by atoms with E-state index < -0.39 is 11.7 Å². The van der Waals surface area contributed by atoms with E-state index in [9.17, 15) is 18.3 Å². The van der Waals surface area contributed by atoms with Crippen molar-refractivity contribution < 1.29 is 18.3 Å². The van der Waals surface area contributed by atoms with E-state index in [0.717, 1.165) is 43.4 Å². The van der Waals surface area contributed by atoms with Gasteiger partial charge in [0, 0.05) is 0 Å². The summed E-state index contributed by atoms with van der Waals surface area (Å²) in [5, 5.41) is 9.54. The second-order valence-electron chi connectivity index (χ2n) is 5.58. The van der Waals surface area contributed by atoms with Gasteiger partial charge in [0.15, 0.2) is 0 Å². The molecule has 0 radical (unpaired) electrons. The van der Waals surface area contributed by atoms with Gasteiger partial charge in [0.1, 0.15) is 0 Å². The lowest BCUT2D eigenvalue weighted by molar-refractivity contribution is -0.137. The number of aliphatic hydroxyl groups is 1. The molecule has 2 unspecified atom stereocenters. The Morgan fingerprint density at radius 3 is 2.33 bits per heavy atom. The van der Waals surface area contributed by atoms with Crippen molar-refractivity contribution in [2.24, 2.45) is 5.41 Å². The molecular weight excluding hydrogens is 241 g/mol. The summed E-state index contributed by atoms with van der Waals surface area (Å²) < 4.78 is 37.3. The topological polar surface area (TPSA) is 20.2 Å². The number of hydrogen-bond donors (Lipinski definition) is 1. The minimum Gasteiger partial charge on any atom is -0.393 e. The number of benzene rings is 1. The Morgan fingerprint density at radius 1 is 1.28 bits per heavy atom. The average Bonchev–Trinajstić information content (AvgIpc) is 2.58. The first-order valence-electron chi connectivity index (χ1n) is 6.13. The molecule has 4 heteroatoms. The maximum atomic E-state index is 12.4. The Bertz CT molecular complexity index is 410. The van der Waals surface area contributed by atoms with Crippen LogP contribution < -0.4 is 0 Å². The molecule has 18 heavy (non-hydrogen) atoms. The molecule has 1 aliphatic carbocycles. The third kappa shape index (κ3) is 3.05. The molecule has 2 rings (SSSR count). The summed E-state index contributed by atoms with van der Waals surface area (Å²) in [7, 11) is 0. The van der Waals surface area contributed by atoms with Gasteiger partial charge in [-0.25, -0.2) is 0 Å². The predicted molar refractivity (Wildman–Crippen MR) is 63.1 cm³/mol. The van der Waals surface area contributed by atoms with Gasteiger partial charge in [-0.1, -0.05) is 19.1 Å². The van der Waals surface area contributed by atoms with Crippen molar-refractivity contribution in [3.63, 3.8) is 0 Å². The molecule has 2 atom stereocenters. The highest BCUT2D eigenvalue weighted by molar-refractivity contribution is 5.25. The molecule has 0 bridgehead atoms. The first-order chi connectivity index (χ1) is 8.28. The van der Waals surface area contributed by atoms with Gasteiger partial charge in [0.2, 0.25) is 0 Å². The van der Waals surface area contributed by atoms with Crippen molar-refractivity contribution >= 4 is 0 Å². The van der Waals surface area contributed by atoms with Crippen LogP contribution in [0.15, 0.2) is 24.3 Å². The Hall–Kier alpha value is -1.03. The monoisotopic (exact) mass is 258 g/mol. The normalized spacial score (nSPS) is 28.6. The van der Waals surface area contributed by atoms with Crippen LogP contribution in [0, 0.1) is 5.41 Å². The summed E-state index contributed by atoms with van der Waals surface area (Å²) in [6, 6.07) is 5.34. The fourth-order valence-corrected chi connectivity index (χ4v) is 2.75. The van der Waals surface area contributed by atoms with Gasteiger partial charge in [0.05, 0.1) is 11.7 Å². The van der Waals surface area contributed by atoms with Crippen molar-refractivity contribution in [2.75, 3.05) is 0 Å². The highest BCUT2D eigenvalue weighted by Crippen LogP contribution is 2.40. The van der Waals surface area contributed by atoms with E-state index in [1.54, 1.807) is 12.1 Å². The van der Waals surface area contributed by atoms with Crippen molar-refractivity contribution in [3.05, 3.63) is 35.4 Å². The molecule has 0 heterocycles. The molecule has 1 aliphatic rings. The molecule has 1 aromatic rings. The summed E-state index contributed by atoms with van der Waals surface area (Å²) in [5.74, 6) is 0. The maximum absolute atomic E-state index is 12.4. The zero-order valence-corrected chi connectivity index (χ0v) is 10.3. The highest BCUT2D eigenvalue weighted by Gasteiger charge is 2.34. The van der Waals surface area contributed by atoms with Gasteiger partial charge in [-0.15, -0.1) is 0 Å². The lowest BCUT2D eigenvalue weighted by Crippen LogP contribution is -2.16. The minimum atomic E-state index is -4.27. The zero-order chi connectivity index (χ0) is 13.4. The van der Waals surface area contributed by atoms with E-state index in [-0.39, 0.29) is 11.5 Å². The standard InChI is InChI=1S/C14H17F3O/c1-13(7-6-12(18)9-13)8-10-2-4-11(5-3-10)14(15,16)17/h2-5,12,18H,6-9H2,1H3. The van der Waals surface area contributed by atoms with Gasteiger partial charge in [-0.3, -0.25) is 0 Å². The molecule has 0 spiro atoms. The predicted octanol–water partition coefficient (Wildman–Crippen LogP) is 3.80. The van der Waals surface area contributed by atoms with Gasteiger partial charge < -0.3 is 5.11 Å². The molecule has 100 valence electrons. The molecule has 1 nitrogen and oxygen atoms in total. The Labute approximate surface area is 105 Å². The lowest BCUT2D eigenvalue weighted by Gasteiger charge is -2.23. The van der Waals surface area contributed by atoms with Crippen LogP contribution in [0.3, 0.4) is 0 Å². The van der Waals surface area contributed by atoms with Crippen molar-refractivity contribution in [2.45, 2.75) is 44.9 Å². The van der Waals surface area contributed by atoms with Crippen LogP contribution in [0.5, 0.6) is 0 Å². The van der Waals surface area contributed by atoms with E-state index in [2.05, 4.69) is 6.92 Å². The minimum absolute atomic E-state index is 0.0131. The summed E-state index contributed by atoms with van der Waals surface area (Å²) in [6.45, 7) is 2.08. The van der Waals surface area contributed by atoms with Crippen LogP contribution in [0.2, 0.25) is 0 Å². The summed E-state index contributed by atoms with van der Waals surface area (Å²) >= 11 is 0. The lowest BCUT2D eigenvalue weighted by atomic mass is 9.82. The smallest absolute Gasteiger partial charge is 0.393 e. The van der Waals surface area contributed by atoms with Crippen LogP contribution in [0.25, 0.3) is 0 Å². The molecule has 1 saturated carbocycles. The molecule has 1 fully saturated rings. The zero-order valence-electron chi connectivity index (χ0n) is 10.3. The van der Waals surface area contributed by atoms with Crippen molar-refractivity contribution in [1.82, 2.24) is 0 Å². The third-order valence-electron chi connectivity index (χ3n) is 3.72. The van der Waals surface area contributed by atoms with Crippen LogP contribution >= 0.6 is 0 Å². The summed E-state index contributed by atoms with van der Waals surface area (Å²) in [6.07, 6.45) is -1.36. The third-order valence-corrected chi connectivity index (χ3v) is 3.72. The fourth-order valence-electron chi connectivity index (χ4n) is 2.75. The molecule has 0 aromatic heterocycles. The molecule has 1 aromatic carbocycles. The fraction of sp³-hybridized carbons (Fsp3) is 0.571. The average molecular weight is 258 g/mol. The quantitative estimate of drug-likeness (QED) is 0.855. The highest BCUT2D eigenvalue weighted by atomic mass is 19.4. The van der Waals surface area contributed by atoms with Crippen molar-refractivity contribution in [3.8, 4) is 0 Å². The van der Waals surface area contributed by atoms with E-state index in [4.69, 9.17) is 0 Å². The molecule has 0 saturated heterocycles.